The van der Waals surface area contributed by atoms with Crippen LogP contribution in [0.2, 0.25) is 0 Å². The van der Waals surface area contributed by atoms with Crippen LogP contribution in [0.4, 0.5) is 0 Å². The molecular formula is C11H14O2. The first-order valence-corrected chi connectivity index (χ1v) is 4.64. The SMILES string of the molecule is OC1C=CCC2C=CC=CC1(O)C2. The van der Waals surface area contributed by atoms with Gasteiger partial charge in [0.25, 0.3) is 0 Å². The molecule has 2 N–H and O–H groups in total. The number of aliphatic hydroxyl groups excluding tert-OH is 1. The van der Waals surface area contributed by atoms with Crippen LogP contribution in [0.1, 0.15) is 12.8 Å². The Bertz CT molecular complexity index is 278. The Balaban J connectivity index is 2.34. The lowest BCUT2D eigenvalue weighted by atomic mass is 9.88. The van der Waals surface area contributed by atoms with Crippen molar-refractivity contribution in [3.8, 4) is 0 Å². The van der Waals surface area contributed by atoms with Gasteiger partial charge in [0.1, 0.15) is 11.7 Å². The van der Waals surface area contributed by atoms with E-state index in [1.54, 1.807) is 12.2 Å². The minimum absolute atomic E-state index is 0.341. The fourth-order valence-corrected chi connectivity index (χ4v) is 1.93. The Labute approximate surface area is 77.9 Å². The Kier molecular flexibility index (Phi) is 2.10. The predicted molar refractivity (Wildman–Crippen MR) is 51.1 cm³/mol. The first-order valence-electron chi connectivity index (χ1n) is 4.64. The molecule has 2 heteroatoms. The standard InChI is InChI=1S/C11H14O2/c12-10-6-3-5-9-4-1-2-7-11(10,13)8-9/h1-4,6-7,9-10,12-13H,5,8H2. The molecule has 0 radical (unpaired) electrons. The van der Waals surface area contributed by atoms with Gasteiger partial charge in [0.15, 0.2) is 0 Å². The number of allylic oxidation sites excluding steroid dienone is 4. The van der Waals surface area contributed by atoms with Crippen molar-refractivity contribution in [1.29, 1.82) is 0 Å². The molecule has 0 aromatic carbocycles. The molecule has 0 aromatic heterocycles. The normalized spacial score (nSPS) is 42.9. The third-order valence-electron chi connectivity index (χ3n) is 2.74. The molecule has 0 aliphatic heterocycles. The first-order chi connectivity index (χ1) is 6.21. The molecule has 70 valence electrons. The van der Waals surface area contributed by atoms with E-state index in [0.29, 0.717) is 12.3 Å². The first kappa shape index (κ1) is 8.73. The summed E-state index contributed by atoms with van der Waals surface area (Å²) in [6.07, 6.45) is 11.9. The predicted octanol–water partition coefficient (Wildman–Crippen LogP) is 1.17. The highest BCUT2D eigenvalue weighted by molar-refractivity contribution is 5.22. The summed E-state index contributed by atoms with van der Waals surface area (Å²) in [4.78, 5) is 0. The molecule has 0 aromatic rings. The summed E-state index contributed by atoms with van der Waals surface area (Å²) in [5.41, 5.74) is -1.07. The average molecular weight is 178 g/mol. The summed E-state index contributed by atoms with van der Waals surface area (Å²) in [5.74, 6) is 0.341. The molecule has 3 atom stereocenters. The van der Waals surface area contributed by atoms with Crippen molar-refractivity contribution in [1.82, 2.24) is 0 Å². The number of hydrogen-bond acceptors (Lipinski definition) is 2. The van der Waals surface area contributed by atoms with Gasteiger partial charge >= 0.3 is 0 Å². The van der Waals surface area contributed by atoms with Crippen LogP contribution in [-0.4, -0.2) is 21.9 Å². The molecule has 0 fully saturated rings. The fraction of sp³-hybridized carbons (Fsp3) is 0.455. The van der Waals surface area contributed by atoms with Gasteiger partial charge < -0.3 is 10.2 Å². The second-order valence-electron chi connectivity index (χ2n) is 3.81. The second-order valence-corrected chi connectivity index (χ2v) is 3.81. The minimum Gasteiger partial charge on any atom is -0.386 e. The van der Waals surface area contributed by atoms with E-state index >= 15 is 0 Å². The summed E-state index contributed by atoms with van der Waals surface area (Å²) < 4.78 is 0. The molecule has 2 aliphatic carbocycles. The van der Waals surface area contributed by atoms with Crippen molar-refractivity contribution < 1.29 is 10.2 Å². The van der Waals surface area contributed by atoms with E-state index in [0.717, 1.165) is 6.42 Å². The monoisotopic (exact) mass is 178 g/mol. The molecule has 2 rings (SSSR count). The zero-order valence-electron chi connectivity index (χ0n) is 7.43. The van der Waals surface area contributed by atoms with E-state index in [9.17, 15) is 10.2 Å². The zero-order chi connectivity index (χ0) is 9.31. The minimum atomic E-state index is -1.07. The van der Waals surface area contributed by atoms with Crippen LogP contribution in [0.5, 0.6) is 0 Å². The van der Waals surface area contributed by atoms with Gasteiger partial charge in [0.05, 0.1) is 0 Å². The van der Waals surface area contributed by atoms with Crippen molar-refractivity contribution in [2.45, 2.75) is 24.5 Å². The molecule has 0 saturated carbocycles. The smallest absolute Gasteiger partial charge is 0.113 e. The molecular weight excluding hydrogens is 164 g/mol. The average Bonchev–Trinajstić information content (AvgIpc) is 2.35. The maximum Gasteiger partial charge on any atom is 0.113 e. The van der Waals surface area contributed by atoms with Gasteiger partial charge in [-0.05, 0) is 18.8 Å². The maximum atomic E-state index is 10.1. The van der Waals surface area contributed by atoms with Crippen molar-refractivity contribution >= 4 is 0 Å². The lowest BCUT2D eigenvalue weighted by molar-refractivity contribution is -0.0237. The van der Waals surface area contributed by atoms with Crippen LogP contribution in [0.15, 0.2) is 36.5 Å². The van der Waals surface area contributed by atoms with Gasteiger partial charge in [-0.3, -0.25) is 0 Å². The summed E-state index contributed by atoms with van der Waals surface area (Å²) in [6, 6.07) is 0. The molecule has 0 heterocycles. The number of fused-ring (bicyclic) bond motifs is 2. The topological polar surface area (TPSA) is 40.5 Å². The van der Waals surface area contributed by atoms with Gasteiger partial charge in [-0.25, -0.2) is 0 Å². The third-order valence-corrected chi connectivity index (χ3v) is 2.74. The van der Waals surface area contributed by atoms with E-state index < -0.39 is 11.7 Å². The van der Waals surface area contributed by atoms with Gasteiger partial charge in [-0.1, -0.05) is 36.5 Å². The van der Waals surface area contributed by atoms with E-state index in [1.165, 1.54) is 0 Å². The highest BCUT2D eigenvalue weighted by Gasteiger charge is 2.35. The van der Waals surface area contributed by atoms with Crippen LogP contribution in [0, 0.1) is 5.92 Å². The fourth-order valence-electron chi connectivity index (χ4n) is 1.93. The Morgan fingerprint density at radius 1 is 1.23 bits per heavy atom. The van der Waals surface area contributed by atoms with Crippen LogP contribution in [0.25, 0.3) is 0 Å². The number of hydrogen-bond donors (Lipinski definition) is 2. The molecule has 13 heavy (non-hydrogen) atoms. The largest absolute Gasteiger partial charge is 0.386 e. The second kappa shape index (κ2) is 3.13. The van der Waals surface area contributed by atoms with Crippen LogP contribution in [-0.2, 0) is 0 Å². The van der Waals surface area contributed by atoms with Crippen LogP contribution in [0.3, 0.4) is 0 Å². The van der Waals surface area contributed by atoms with Gasteiger partial charge in [-0.15, -0.1) is 0 Å². The summed E-state index contributed by atoms with van der Waals surface area (Å²) >= 11 is 0. The summed E-state index contributed by atoms with van der Waals surface area (Å²) in [6.45, 7) is 0. The summed E-state index contributed by atoms with van der Waals surface area (Å²) in [7, 11) is 0. The molecule has 0 saturated heterocycles. The van der Waals surface area contributed by atoms with Crippen LogP contribution >= 0.6 is 0 Å². The van der Waals surface area contributed by atoms with Crippen molar-refractivity contribution in [2.24, 2.45) is 5.92 Å². The van der Waals surface area contributed by atoms with Gasteiger partial charge in [0, 0.05) is 0 Å². The highest BCUT2D eigenvalue weighted by atomic mass is 16.3. The van der Waals surface area contributed by atoms with Crippen molar-refractivity contribution in [3.63, 3.8) is 0 Å². The lowest BCUT2D eigenvalue weighted by Gasteiger charge is -2.28. The molecule has 2 bridgehead atoms. The van der Waals surface area contributed by atoms with Crippen molar-refractivity contribution in [3.05, 3.63) is 36.5 Å². The zero-order valence-corrected chi connectivity index (χ0v) is 7.43. The van der Waals surface area contributed by atoms with Crippen LogP contribution < -0.4 is 0 Å². The summed E-state index contributed by atoms with van der Waals surface area (Å²) in [5, 5.41) is 19.8. The molecule has 0 spiro atoms. The van der Waals surface area contributed by atoms with Gasteiger partial charge in [-0.2, -0.15) is 0 Å². The molecule has 2 nitrogen and oxygen atoms in total. The number of rotatable bonds is 0. The van der Waals surface area contributed by atoms with Gasteiger partial charge in [0.2, 0.25) is 0 Å². The van der Waals surface area contributed by atoms with E-state index in [1.807, 2.05) is 18.2 Å². The highest BCUT2D eigenvalue weighted by Crippen LogP contribution is 2.31. The third kappa shape index (κ3) is 1.60. The number of aliphatic hydroxyl groups is 2. The maximum absolute atomic E-state index is 10.1. The van der Waals surface area contributed by atoms with E-state index in [-0.39, 0.29) is 0 Å². The quantitative estimate of drug-likeness (QED) is 0.547. The van der Waals surface area contributed by atoms with E-state index in [2.05, 4.69) is 6.08 Å². The van der Waals surface area contributed by atoms with Crippen molar-refractivity contribution in [2.75, 3.05) is 0 Å². The Morgan fingerprint density at radius 2 is 2.08 bits per heavy atom. The Morgan fingerprint density at radius 3 is 2.92 bits per heavy atom. The molecule has 2 aliphatic rings. The molecule has 3 unspecified atom stereocenters. The molecule has 0 amide bonds. The van der Waals surface area contributed by atoms with E-state index in [4.69, 9.17) is 0 Å². The lowest BCUT2D eigenvalue weighted by Crippen LogP contribution is -2.39. The Hall–Kier alpha value is -0.860.